The van der Waals surface area contributed by atoms with E-state index in [1.54, 1.807) is 0 Å². The molecule has 1 amide bonds. The predicted molar refractivity (Wildman–Crippen MR) is 117 cm³/mol. The molecule has 0 saturated heterocycles. The van der Waals surface area contributed by atoms with Gasteiger partial charge in [0.25, 0.3) is 15.9 Å². The van der Waals surface area contributed by atoms with Crippen molar-refractivity contribution >= 4 is 56.6 Å². The maximum absolute atomic E-state index is 12.4. The maximum Gasteiger partial charge on any atom is 0.342 e. The van der Waals surface area contributed by atoms with Crippen molar-refractivity contribution in [1.29, 1.82) is 0 Å². The number of rotatable bonds is 7. The van der Waals surface area contributed by atoms with Gasteiger partial charge >= 0.3 is 5.97 Å². The number of pyridine rings is 1. The van der Waals surface area contributed by atoms with Gasteiger partial charge in [-0.3, -0.25) is 9.52 Å². The van der Waals surface area contributed by atoms with Gasteiger partial charge in [-0.2, -0.15) is 0 Å². The average molecular weight is 496 g/mol. The van der Waals surface area contributed by atoms with Crippen molar-refractivity contribution in [3.63, 3.8) is 0 Å². The molecule has 0 saturated carbocycles. The van der Waals surface area contributed by atoms with Crippen molar-refractivity contribution in [1.82, 2.24) is 15.2 Å². The number of carbonyl (C=O) groups is 2. The second-order valence-corrected chi connectivity index (χ2v) is 8.68. The van der Waals surface area contributed by atoms with Crippen LogP contribution in [0.5, 0.6) is 0 Å². The second-order valence-electron chi connectivity index (χ2n) is 6.25. The standard InChI is InChI=1S/C19H15Cl2N5O5S/c1-11(31-19(28)14-3-2-10-22-17(14)21)18(27)23-12-4-6-13(7-5-12)32(29,30)26-16-9-8-15(20)24-25-16/h2-11H,1H3,(H,23,27)(H,25,26). The molecule has 2 heterocycles. The van der Waals surface area contributed by atoms with E-state index in [1.807, 2.05) is 0 Å². The first-order chi connectivity index (χ1) is 15.2. The summed E-state index contributed by atoms with van der Waals surface area (Å²) in [5.74, 6) is -1.43. The molecule has 0 aliphatic heterocycles. The largest absolute Gasteiger partial charge is 0.449 e. The topological polar surface area (TPSA) is 140 Å². The average Bonchev–Trinajstić information content (AvgIpc) is 2.75. The Balaban J connectivity index is 1.62. The van der Waals surface area contributed by atoms with Crippen molar-refractivity contribution in [2.24, 2.45) is 0 Å². The van der Waals surface area contributed by atoms with Crippen LogP contribution < -0.4 is 10.0 Å². The highest BCUT2D eigenvalue weighted by Crippen LogP contribution is 2.18. The molecule has 3 rings (SSSR count). The van der Waals surface area contributed by atoms with Crippen LogP contribution in [0, 0.1) is 0 Å². The Morgan fingerprint density at radius 3 is 2.38 bits per heavy atom. The fourth-order valence-corrected chi connectivity index (χ4v) is 3.64. The number of nitrogens with zero attached hydrogens (tertiary/aromatic N) is 3. The zero-order valence-electron chi connectivity index (χ0n) is 16.3. The normalized spacial score (nSPS) is 12.0. The molecule has 32 heavy (non-hydrogen) atoms. The molecule has 1 unspecified atom stereocenters. The number of benzene rings is 1. The van der Waals surface area contributed by atoms with E-state index < -0.39 is 28.0 Å². The summed E-state index contributed by atoms with van der Waals surface area (Å²) in [6.07, 6.45) is 0.268. The van der Waals surface area contributed by atoms with Crippen LogP contribution in [-0.4, -0.2) is 41.6 Å². The smallest absolute Gasteiger partial charge is 0.342 e. The van der Waals surface area contributed by atoms with E-state index in [0.717, 1.165) is 0 Å². The van der Waals surface area contributed by atoms with Crippen molar-refractivity contribution < 1.29 is 22.7 Å². The zero-order valence-corrected chi connectivity index (χ0v) is 18.6. The van der Waals surface area contributed by atoms with E-state index in [2.05, 4.69) is 25.2 Å². The summed E-state index contributed by atoms with van der Waals surface area (Å²) in [6.45, 7) is 1.38. The molecule has 1 atom stereocenters. The number of halogens is 2. The highest BCUT2D eigenvalue weighted by atomic mass is 35.5. The minimum absolute atomic E-state index is 0.00357. The van der Waals surface area contributed by atoms with Gasteiger partial charge in [0, 0.05) is 11.9 Å². The number of anilines is 2. The highest BCUT2D eigenvalue weighted by Gasteiger charge is 2.21. The third-order valence-electron chi connectivity index (χ3n) is 3.94. The molecule has 2 aromatic heterocycles. The number of esters is 1. The quantitative estimate of drug-likeness (QED) is 0.376. The van der Waals surface area contributed by atoms with Crippen molar-refractivity contribution in [3.05, 3.63) is 70.6 Å². The van der Waals surface area contributed by atoms with E-state index in [4.69, 9.17) is 27.9 Å². The molecule has 10 nitrogen and oxygen atoms in total. The van der Waals surface area contributed by atoms with Crippen LogP contribution >= 0.6 is 23.2 Å². The number of aromatic nitrogens is 3. The van der Waals surface area contributed by atoms with Crippen molar-refractivity contribution in [3.8, 4) is 0 Å². The Bertz CT molecular complexity index is 1240. The third kappa shape index (κ3) is 5.90. The third-order valence-corrected chi connectivity index (χ3v) is 5.81. The van der Waals surface area contributed by atoms with Crippen LogP contribution in [0.15, 0.2) is 59.6 Å². The van der Waals surface area contributed by atoms with E-state index in [0.29, 0.717) is 5.69 Å². The van der Waals surface area contributed by atoms with Gasteiger partial charge in [-0.05, 0) is 55.5 Å². The molecule has 0 aliphatic carbocycles. The maximum atomic E-state index is 12.4. The van der Waals surface area contributed by atoms with Gasteiger partial charge in [0.1, 0.15) is 5.15 Å². The van der Waals surface area contributed by atoms with Gasteiger partial charge in [-0.15, -0.1) is 10.2 Å². The van der Waals surface area contributed by atoms with E-state index >= 15 is 0 Å². The fraction of sp³-hybridized carbons (Fsp3) is 0.105. The Kier molecular flexibility index (Phi) is 7.23. The van der Waals surface area contributed by atoms with Gasteiger partial charge in [-0.1, -0.05) is 23.2 Å². The molecule has 1 aromatic carbocycles. The first-order valence-corrected chi connectivity index (χ1v) is 11.1. The lowest BCUT2D eigenvalue weighted by Gasteiger charge is -2.14. The fourth-order valence-electron chi connectivity index (χ4n) is 2.34. The van der Waals surface area contributed by atoms with Crippen molar-refractivity contribution in [2.45, 2.75) is 17.9 Å². The summed E-state index contributed by atoms with van der Waals surface area (Å²) in [5, 5.41) is 9.80. The van der Waals surface area contributed by atoms with Crippen LogP contribution in [0.1, 0.15) is 17.3 Å². The first kappa shape index (κ1) is 23.4. The van der Waals surface area contributed by atoms with Crippen LogP contribution in [0.2, 0.25) is 10.3 Å². The van der Waals surface area contributed by atoms with Gasteiger partial charge in [0.15, 0.2) is 17.1 Å². The molecule has 13 heteroatoms. The number of sulfonamides is 1. The number of amides is 1. The summed E-state index contributed by atoms with van der Waals surface area (Å²) in [4.78, 5) is 28.2. The van der Waals surface area contributed by atoms with Gasteiger partial charge in [0.2, 0.25) is 0 Å². The summed E-state index contributed by atoms with van der Waals surface area (Å²) in [7, 11) is -3.93. The van der Waals surface area contributed by atoms with Gasteiger partial charge in [-0.25, -0.2) is 18.2 Å². The molecule has 0 fully saturated rings. The molecule has 2 N–H and O–H groups in total. The van der Waals surface area contributed by atoms with Gasteiger partial charge in [0.05, 0.1) is 10.5 Å². The monoisotopic (exact) mass is 495 g/mol. The minimum Gasteiger partial charge on any atom is -0.449 e. The molecule has 0 bridgehead atoms. The number of carbonyl (C=O) groups excluding carboxylic acids is 2. The van der Waals surface area contributed by atoms with E-state index in [9.17, 15) is 18.0 Å². The SMILES string of the molecule is CC(OC(=O)c1cccnc1Cl)C(=O)Nc1ccc(S(=O)(=O)Nc2ccc(Cl)nn2)cc1. The lowest BCUT2D eigenvalue weighted by atomic mass is 10.2. The van der Waals surface area contributed by atoms with E-state index in [1.165, 1.54) is 61.7 Å². The highest BCUT2D eigenvalue weighted by molar-refractivity contribution is 7.92. The molecule has 0 spiro atoms. The summed E-state index contributed by atoms with van der Waals surface area (Å²) in [6, 6.07) is 11.0. The zero-order chi connectivity index (χ0) is 23.3. The number of nitrogens with one attached hydrogen (secondary N) is 2. The Labute approximate surface area is 193 Å². The second kappa shape index (κ2) is 9.90. The van der Waals surface area contributed by atoms with Crippen LogP contribution in [0.3, 0.4) is 0 Å². The Hall–Kier alpha value is -3.28. The minimum atomic E-state index is -3.93. The number of hydrogen-bond donors (Lipinski definition) is 2. The summed E-state index contributed by atoms with van der Waals surface area (Å²) >= 11 is 11.5. The first-order valence-electron chi connectivity index (χ1n) is 8.90. The van der Waals surface area contributed by atoms with E-state index in [-0.39, 0.29) is 26.6 Å². The van der Waals surface area contributed by atoms with Crippen LogP contribution in [0.25, 0.3) is 0 Å². The number of ether oxygens (including phenoxy) is 1. The molecular formula is C19H15Cl2N5O5S. The molecule has 166 valence electrons. The number of hydrogen-bond acceptors (Lipinski definition) is 8. The van der Waals surface area contributed by atoms with Crippen molar-refractivity contribution in [2.75, 3.05) is 10.0 Å². The lowest BCUT2D eigenvalue weighted by molar-refractivity contribution is -0.123. The predicted octanol–water partition coefficient (Wildman–Crippen LogP) is 3.16. The van der Waals surface area contributed by atoms with Crippen LogP contribution in [-0.2, 0) is 19.6 Å². The molecule has 0 radical (unpaired) electrons. The van der Waals surface area contributed by atoms with Gasteiger partial charge < -0.3 is 10.1 Å². The molecule has 3 aromatic rings. The summed E-state index contributed by atoms with van der Waals surface area (Å²) in [5.41, 5.74) is 0.323. The molecular weight excluding hydrogens is 481 g/mol. The lowest BCUT2D eigenvalue weighted by Crippen LogP contribution is -2.30. The van der Waals surface area contributed by atoms with Crippen LogP contribution in [0.4, 0.5) is 11.5 Å². The molecule has 0 aliphatic rings. The summed E-state index contributed by atoms with van der Waals surface area (Å²) < 4.78 is 32.2. The Morgan fingerprint density at radius 1 is 1.03 bits per heavy atom. The Morgan fingerprint density at radius 2 is 1.75 bits per heavy atom.